The van der Waals surface area contributed by atoms with Crippen molar-refractivity contribution >= 4 is 16.0 Å². The number of aliphatic hydroxyl groups is 1. The number of benzene rings is 1. The van der Waals surface area contributed by atoms with E-state index >= 15 is 0 Å². The van der Waals surface area contributed by atoms with E-state index in [0.717, 1.165) is 0 Å². The first-order valence-electron chi connectivity index (χ1n) is 5.68. The molecule has 1 aromatic rings. The Balaban J connectivity index is 3.17. The lowest BCUT2D eigenvalue weighted by atomic mass is 10.2. The van der Waals surface area contributed by atoms with E-state index in [0.29, 0.717) is 5.56 Å². The van der Waals surface area contributed by atoms with Gasteiger partial charge in [-0.3, -0.25) is 4.79 Å². The number of carbonyl (C=O) groups is 1. The Hall–Kier alpha value is -1.95. The van der Waals surface area contributed by atoms with Crippen LogP contribution in [0.1, 0.15) is 17.5 Å². The number of nitriles is 1. The summed E-state index contributed by atoms with van der Waals surface area (Å²) in [5, 5.41) is 26.4. The highest BCUT2D eigenvalue weighted by Crippen LogP contribution is 2.17. The van der Waals surface area contributed by atoms with Crippen LogP contribution in [-0.2, 0) is 14.8 Å². The number of nitrogens with zero attached hydrogens (tertiary/aromatic N) is 1. The van der Waals surface area contributed by atoms with Crippen molar-refractivity contribution in [3.05, 3.63) is 29.3 Å². The predicted molar refractivity (Wildman–Crippen MR) is 69.3 cm³/mol. The topological polar surface area (TPSA) is 127 Å². The van der Waals surface area contributed by atoms with Gasteiger partial charge in [0.1, 0.15) is 6.04 Å². The summed E-state index contributed by atoms with van der Waals surface area (Å²) in [5.74, 6) is -1.38. The van der Waals surface area contributed by atoms with Crippen LogP contribution in [0.25, 0.3) is 0 Å². The molecule has 108 valence electrons. The van der Waals surface area contributed by atoms with Crippen LogP contribution in [0, 0.1) is 18.3 Å². The van der Waals surface area contributed by atoms with E-state index in [2.05, 4.69) is 0 Å². The van der Waals surface area contributed by atoms with Gasteiger partial charge in [-0.15, -0.1) is 0 Å². The number of hydrogen-bond donors (Lipinski definition) is 3. The van der Waals surface area contributed by atoms with Gasteiger partial charge in [-0.25, -0.2) is 8.42 Å². The molecule has 0 aliphatic carbocycles. The molecular weight excluding hydrogens is 284 g/mol. The van der Waals surface area contributed by atoms with E-state index in [1.54, 1.807) is 0 Å². The van der Waals surface area contributed by atoms with E-state index in [4.69, 9.17) is 15.5 Å². The minimum Gasteiger partial charge on any atom is -0.480 e. The zero-order chi connectivity index (χ0) is 15.3. The van der Waals surface area contributed by atoms with Gasteiger partial charge in [0.25, 0.3) is 0 Å². The highest BCUT2D eigenvalue weighted by molar-refractivity contribution is 7.89. The number of aryl methyl sites for hydroxylation is 1. The average Bonchev–Trinajstić information content (AvgIpc) is 2.38. The van der Waals surface area contributed by atoms with E-state index < -0.39 is 28.6 Å². The van der Waals surface area contributed by atoms with Gasteiger partial charge in [-0.05, 0) is 31.0 Å². The molecule has 20 heavy (non-hydrogen) atoms. The Bertz CT molecular complexity index is 648. The minimum atomic E-state index is -4.08. The van der Waals surface area contributed by atoms with Crippen LogP contribution < -0.4 is 4.72 Å². The molecule has 8 heteroatoms. The standard InChI is InChI=1S/C12H14N2O5S/c1-8-2-3-9(7-13)6-11(8)20(18,19)14-10(4-5-15)12(16)17/h2-3,6,10,14-15H,4-5H2,1H3,(H,16,17)/t10-/m0/s1. The molecule has 0 saturated carbocycles. The SMILES string of the molecule is Cc1ccc(C#N)cc1S(=O)(=O)N[C@@H](CCO)C(=O)O. The molecule has 0 aliphatic heterocycles. The third kappa shape index (κ3) is 3.77. The Morgan fingerprint density at radius 1 is 1.50 bits per heavy atom. The molecular formula is C12H14N2O5S. The summed E-state index contributed by atoms with van der Waals surface area (Å²) in [6.45, 7) is 1.08. The van der Waals surface area contributed by atoms with Gasteiger partial charge < -0.3 is 10.2 Å². The molecule has 0 fully saturated rings. The number of aliphatic hydroxyl groups excluding tert-OH is 1. The highest BCUT2D eigenvalue weighted by atomic mass is 32.2. The number of carboxylic acids is 1. The van der Waals surface area contributed by atoms with Crippen molar-refractivity contribution in [1.82, 2.24) is 4.72 Å². The van der Waals surface area contributed by atoms with Crippen LogP contribution in [0.3, 0.4) is 0 Å². The smallest absolute Gasteiger partial charge is 0.321 e. The van der Waals surface area contributed by atoms with E-state index in [-0.39, 0.29) is 16.9 Å². The molecule has 0 unspecified atom stereocenters. The highest BCUT2D eigenvalue weighted by Gasteiger charge is 2.26. The summed E-state index contributed by atoms with van der Waals surface area (Å²) in [6, 6.07) is 4.51. The maximum absolute atomic E-state index is 12.1. The van der Waals surface area contributed by atoms with E-state index in [1.807, 2.05) is 10.8 Å². The Kier molecular flexibility index (Phi) is 5.21. The Morgan fingerprint density at radius 2 is 2.15 bits per heavy atom. The number of hydrogen-bond acceptors (Lipinski definition) is 5. The number of nitrogens with one attached hydrogen (secondary N) is 1. The van der Waals surface area contributed by atoms with Crippen molar-refractivity contribution in [3.8, 4) is 6.07 Å². The quantitative estimate of drug-likeness (QED) is 0.677. The van der Waals surface area contributed by atoms with E-state index in [9.17, 15) is 13.2 Å². The van der Waals surface area contributed by atoms with Crippen molar-refractivity contribution in [3.63, 3.8) is 0 Å². The molecule has 7 nitrogen and oxygen atoms in total. The fourth-order valence-electron chi connectivity index (χ4n) is 1.57. The zero-order valence-electron chi connectivity index (χ0n) is 10.7. The van der Waals surface area contributed by atoms with Crippen molar-refractivity contribution in [2.75, 3.05) is 6.61 Å². The van der Waals surface area contributed by atoms with Gasteiger partial charge in [0.15, 0.2) is 0 Å². The van der Waals surface area contributed by atoms with Crippen molar-refractivity contribution < 1.29 is 23.4 Å². The molecule has 1 rings (SSSR count). The summed E-state index contributed by atoms with van der Waals surface area (Å²) in [6.07, 6.45) is -0.244. The monoisotopic (exact) mass is 298 g/mol. The second kappa shape index (κ2) is 6.47. The molecule has 0 aliphatic rings. The Labute approximate surface area is 116 Å². The number of aliphatic carboxylic acids is 1. The number of sulfonamides is 1. The molecule has 0 bridgehead atoms. The van der Waals surface area contributed by atoms with Crippen LogP contribution in [0.4, 0.5) is 0 Å². The molecule has 0 aromatic heterocycles. The Morgan fingerprint density at radius 3 is 2.65 bits per heavy atom. The maximum atomic E-state index is 12.1. The third-order valence-electron chi connectivity index (χ3n) is 2.62. The normalized spacial score (nSPS) is 12.7. The van der Waals surface area contributed by atoms with Crippen LogP contribution in [0.2, 0.25) is 0 Å². The molecule has 0 amide bonds. The van der Waals surface area contributed by atoms with E-state index in [1.165, 1.54) is 25.1 Å². The molecule has 1 atom stereocenters. The molecule has 1 aromatic carbocycles. The summed E-state index contributed by atoms with van der Waals surface area (Å²) >= 11 is 0. The molecule has 0 saturated heterocycles. The lowest BCUT2D eigenvalue weighted by molar-refractivity contribution is -0.139. The first-order valence-corrected chi connectivity index (χ1v) is 7.17. The van der Waals surface area contributed by atoms with Crippen LogP contribution in [0.15, 0.2) is 23.1 Å². The second-order valence-corrected chi connectivity index (χ2v) is 5.80. The minimum absolute atomic E-state index is 0.152. The van der Waals surface area contributed by atoms with Crippen LogP contribution in [0.5, 0.6) is 0 Å². The zero-order valence-corrected chi connectivity index (χ0v) is 11.5. The van der Waals surface area contributed by atoms with Gasteiger partial charge in [-0.2, -0.15) is 9.98 Å². The third-order valence-corrected chi connectivity index (χ3v) is 4.23. The lowest BCUT2D eigenvalue weighted by Crippen LogP contribution is -2.41. The lowest BCUT2D eigenvalue weighted by Gasteiger charge is -2.15. The van der Waals surface area contributed by atoms with Gasteiger partial charge in [-0.1, -0.05) is 6.07 Å². The molecule has 0 heterocycles. The van der Waals surface area contributed by atoms with Gasteiger partial charge in [0, 0.05) is 6.61 Å². The average molecular weight is 298 g/mol. The second-order valence-electron chi connectivity index (χ2n) is 4.12. The van der Waals surface area contributed by atoms with Crippen LogP contribution in [-0.4, -0.2) is 37.2 Å². The summed E-state index contributed by atoms with van der Waals surface area (Å²) in [5.41, 5.74) is 0.551. The summed E-state index contributed by atoms with van der Waals surface area (Å²) in [7, 11) is -4.08. The predicted octanol–water partition coefficient (Wildman–Crippen LogP) is -0.0194. The molecule has 0 radical (unpaired) electrons. The fourth-order valence-corrected chi connectivity index (χ4v) is 3.07. The van der Waals surface area contributed by atoms with Gasteiger partial charge >= 0.3 is 5.97 Å². The van der Waals surface area contributed by atoms with Crippen LogP contribution >= 0.6 is 0 Å². The van der Waals surface area contributed by atoms with Gasteiger partial charge in [0.2, 0.25) is 10.0 Å². The van der Waals surface area contributed by atoms with Crippen molar-refractivity contribution in [2.24, 2.45) is 0 Å². The first kappa shape index (κ1) is 16.1. The maximum Gasteiger partial charge on any atom is 0.321 e. The fraction of sp³-hybridized carbons (Fsp3) is 0.333. The van der Waals surface area contributed by atoms with Crippen molar-refractivity contribution in [2.45, 2.75) is 24.3 Å². The summed E-state index contributed by atoms with van der Waals surface area (Å²) in [4.78, 5) is 10.8. The number of carboxylic acid groups (broad SMARTS) is 1. The largest absolute Gasteiger partial charge is 0.480 e. The molecule has 3 N–H and O–H groups in total. The first-order chi connectivity index (χ1) is 9.31. The molecule has 0 spiro atoms. The summed E-state index contributed by atoms with van der Waals surface area (Å²) < 4.78 is 26.3. The number of rotatable bonds is 6. The van der Waals surface area contributed by atoms with Gasteiger partial charge in [0.05, 0.1) is 16.5 Å². The van der Waals surface area contributed by atoms with Crippen molar-refractivity contribution in [1.29, 1.82) is 5.26 Å².